The predicted octanol–water partition coefficient (Wildman–Crippen LogP) is 3.63. The molecule has 0 unspecified atom stereocenters. The number of hydrogen-bond donors (Lipinski definition) is 0. The van der Waals surface area contributed by atoms with E-state index in [0.717, 1.165) is 11.3 Å². The number of carbonyl (C=O) groups is 1. The van der Waals surface area contributed by atoms with Gasteiger partial charge in [-0.2, -0.15) is 0 Å². The molecule has 0 bridgehead atoms. The van der Waals surface area contributed by atoms with Crippen LogP contribution in [0.2, 0.25) is 0 Å². The first-order chi connectivity index (χ1) is 15.6. The number of aromatic nitrogens is 4. The van der Waals surface area contributed by atoms with Crippen LogP contribution in [-0.2, 0) is 4.79 Å². The molecule has 2 aromatic carbocycles. The maximum Gasteiger partial charge on any atom is 0.267 e. The lowest BCUT2D eigenvalue weighted by Crippen LogP contribution is -2.32. The first-order valence-electron chi connectivity index (χ1n) is 10.1. The van der Waals surface area contributed by atoms with Gasteiger partial charge in [0, 0.05) is 13.1 Å². The van der Waals surface area contributed by atoms with E-state index in [1.807, 2.05) is 53.8 Å². The second-order valence-electron chi connectivity index (χ2n) is 7.23. The first kappa shape index (κ1) is 21.6. The first-order valence-corrected chi connectivity index (χ1v) is 11.1. The van der Waals surface area contributed by atoms with Crippen LogP contribution in [0.5, 0.6) is 0 Å². The predicted molar refractivity (Wildman–Crippen MR) is 129 cm³/mol. The highest BCUT2D eigenvalue weighted by Crippen LogP contribution is 2.24. The highest BCUT2D eigenvalue weighted by atomic mass is 32.2. The SMILES string of the molecule is C=CCN(CC=C)C(=O)CSc1nnc2n(-c3ccccc3C)c(=O)c3ccccc3n12. The lowest BCUT2D eigenvalue weighted by molar-refractivity contribution is -0.127. The average Bonchev–Trinajstić information content (AvgIpc) is 3.22. The van der Waals surface area contributed by atoms with Crippen molar-refractivity contribution in [2.45, 2.75) is 12.1 Å². The number of rotatable bonds is 8. The van der Waals surface area contributed by atoms with Crippen molar-refractivity contribution in [1.82, 2.24) is 24.1 Å². The quantitative estimate of drug-likeness (QED) is 0.306. The summed E-state index contributed by atoms with van der Waals surface area (Å²) in [5.74, 6) is 0.537. The molecule has 2 heterocycles. The number of thioether (sulfide) groups is 1. The van der Waals surface area contributed by atoms with Gasteiger partial charge in [0.15, 0.2) is 5.16 Å². The van der Waals surface area contributed by atoms with Gasteiger partial charge in [0.05, 0.1) is 22.3 Å². The van der Waals surface area contributed by atoms with Crippen LogP contribution >= 0.6 is 11.8 Å². The Hall–Kier alpha value is -3.65. The minimum Gasteiger partial charge on any atom is -0.335 e. The summed E-state index contributed by atoms with van der Waals surface area (Å²) in [5, 5.41) is 9.77. The van der Waals surface area contributed by atoms with Gasteiger partial charge in [0.25, 0.3) is 5.56 Å². The third-order valence-electron chi connectivity index (χ3n) is 5.13. The van der Waals surface area contributed by atoms with Crippen molar-refractivity contribution in [1.29, 1.82) is 0 Å². The van der Waals surface area contributed by atoms with Crippen LogP contribution in [0.3, 0.4) is 0 Å². The largest absolute Gasteiger partial charge is 0.335 e. The number of benzene rings is 2. The van der Waals surface area contributed by atoms with E-state index in [1.54, 1.807) is 27.7 Å². The van der Waals surface area contributed by atoms with E-state index in [-0.39, 0.29) is 17.2 Å². The molecule has 8 heteroatoms. The molecular formula is C24H23N5O2S. The molecule has 0 aliphatic heterocycles. The molecule has 2 aromatic heterocycles. The zero-order chi connectivity index (χ0) is 22.7. The topological polar surface area (TPSA) is 72.5 Å². The summed E-state index contributed by atoms with van der Waals surface area (Å²) in [4.78, 5) is 27.8. The number of carbonyl (C=O) groups excluding carboxylic acids is 1. The molecule has 0 fully saturated rings. The standard InChI is InChI=1S/C24H23N5O2S/c1-4-14-27(15-5-2)21(30)16-32-24-26-25-23-28(19-12-8-6-10-17(19)3)22(31)18-11-7-9-13-20(18)29(23)24/h4-13H,1-2,14-16H2,3H3. The Morgan fingerprint density at radius 3 is 2.47 bits per heavy atom. The molecule has 0 saturated heterocycles. The molecule has 7 nitrogen and oxygen atoms in total. The Morgan fingerprint density at radius 2 is 1.75 bits per heavy atom. The maximum atomic E-state index is 13.4. The van der Waals surface area contributed by atoms with Crippen LogP contribution in [-0.4, -0.2) is 48.8 Å². The monoisotopic (exact) mass is 445 g/mol. The Labute approximate surface area is 189 Å². The maximum absolute atomic E-state index is 13.4. The molecule has 0 N–H and O–H groups in total. The van der Waals surface area contributed by atoms with Gasteiger partial charge in [0.1, 0.15) is 0 Å². The highest BCUT2D eigenvalue weighted by Gasteiger charge is 2.20. The van der Waals surface area contributed by atoms with Gasteiger partial charge in [-0.25, -0.2) is 4.57 Å². The molecule has 0 radical (unpaired) electrons. The molecule has 0 spiro atoms. The smallest absolute Gasteiger partial charge is 0.267 e. The molecule has 162 valence electrons. The van der Waals surface area contributed by atoms with Crippen molar-refractivity contribution in [2.24, 2.45) is 0 Å². The fourth-order valence-corrected chi connectivity index (χ4v) is 4.45. The van der Waals surface area contributed by atoms with E-state index in [9.17, 15) is 9.59 Å². The summed E-state index contributed by atoms with van der Waals surface area (Å²) < 4.78 is 3.42. The van der Waals surface area contributed by atoms with Crippen LogP contribution < -0.4 is 5.56 Å². The second kappa shape index (κ2) is 9.23. The summed E-state index contributed by atoms with van der Waals surface area (Å²) in [6, 6.07) is 15.0. The van der Waals surface area contributed by atoms with E-state index in [1.165, 1.54) is 11.8 Å². The number of fused-ring (bicyclic) bond motifs is 3. The Bertz CT molecular complexity index is 1380. The van der Waals surface area contributed by atoms with Crippen molar-refractivity contribution >= 4 is 34.3 Å². The zero-order valence-corrected chi connectivity index (χ0v) is 18.6. The fraction of sp³-hybridized carbons (Fsp3) is 0.167. The summed E-state index contributed by atoms with van der Waals surface area (Å²) in [7, 11) is 0. The average molecular weight is 446 g/mol. The van der Waals surface area contributed by atoms with Crippen LogP contribution in [0.25, 0.3) is 22.4 Å². The van der Waals surface area contributed by atoms with Crippen molar-refractivity contribution in [3.05, 3.63) is 89.8 Å². The van der Waals surface area contributed by atoms with Gasteiger partial charge < -0.3 is 4.90 Å². The van der Waals surface area contributed by atoms with Crippen molar-refractivity contribution in [3.63, 3.8) is 0 Å². The van der Waals surface area contributed by atoms with Gasteiger partial charge in [-0.3, -0.25) is 14.0 Å². The molecule has 4 aromatic rings. The molecule has 32 heavy (non-hydrogen) atoms. The fourth-order valence-electron chi connectivity index (χ4n) is 3.61. The molecular weight excluding hydrogens is 422 g/mol. The normalized spacial score (nSPS) is 11.0. The van der Waals surface area contributed by atoms with Gasteiger partial charge >= 0.3 is 0 Å². The minimum absolute atomic E-state index is 0.0527. The van der Waals surface area contributed by atoms with Gasteiger partial charge in [-0.1, -0.05) is 54.2 Å². The highest BCUT2D eigenvalue weighted by molar-refractivity contribution is 7.99. The Kier molecular flexibility index (Phi) is 6.23. The Morgan fingerprint density at radius 1 is 1.06 bits per heavy atom. The van der Waals surface area contributed by atoms with Crippen LogP contribution in [0.4, 0.5) is 0 Å². The number of para-hydroxylation sites is 2. The number of nitrogens with zero attached hydrogens (tertiary/aromatic N) is 5. The number of hydrogen-bond acceptors (Lipinski definition) is 5. The molecule has 4 rings (SSSR count). The molecule has 0 saturated carbocycles. The number of aryl methyl sites for hydroxylation is 1. The molecule has 0 atom stereocenters. The van der Waals surface area contributed by atoms with Crippen LogP contribution in [0.1, 0.15) is 5.56 Å². The lowest BCUT2D eigenvalue weighted by atomic mass is 10.2. The van der Waals surface area contributed by atoms with Gasteiger partial charge in [-0.05, 0) is 30.7 Å². The summed E-state index contributed by atoms with van der Waals surface area (Å²) >= 11 is 1.29. The zero-order valence-electron chi connectivity index (χ0n) is 17.8. The van der Waals surface area contributed by atoms with E-state index >= 15 is 0 Å². The van der Waals surface area contributed by atoms with Crippen LogP contribution in [0.15, 0.2) is 83.8 Å². The van der Waals surface area contributed by atoms with E-state index < -0.39 is 0 Å². The summed E-state index contributed by atoms with van der Waals surface area (Å²) in [6.07, 6.45) is 3.37. The lowest BCUT2D eigenvalue weighted by Gasteiger charge is -2.18. The van der Waals surface area contributed by atoms with E-state index in [0.29, 0.717) is 34.9 Å². The van der Waals surface area contributed by atoms with Gasteiger partial charge in [0.2, 0.25) is 11.7 Å². The molecule has 0 aliphatic rings. The minimum atomic E-state index is -0.162. The van der Waals surface area contributed by atoms with Gasteiger partial charge in [-0.15, -0.1) is 23.4 Å². The van der Waals surface area contributed by atoms with E-state index in [2.05, 4.69) is 23.4 Å². The molecule has 0 aliphatic carbocycles. The number of amides is 1. The van der Waals surface area contributed by atoms with Crippen molar-refractivity contribution in [3.8, 4) is 5.69 Å². The van der Waals surface area contributed by atoms with Crippen molar-refractivity contribution < 1.29 is 4.79 Å². The summed E-state index contributed by atoms with van der Waals surface area (Å²) in [5.41, 5.74) is 2.23. The molecule has 1 amide bonds. The Balaban J connectivity index is 1.84. The van der Waals surface area contributed by atoms with Crippen molar-refractivity contribution in [2.75, 3.05) is 18.8 Å². The second-order valence-corrected chi connectivity index (χ2v) is 8.17. The van der Waals surface area contributed by atoms with Crippen LogP contribution in [0, 0.1) is 6.92 Å². The third kappa shape index (κ3) is 3.85. The van der Waals surface area contributed by atoms with E-state index in [4.69, 9.17) is 0 Å². The third-order valence-corrected chi connectivity index (χ3v) is 6.04. The summed E-state index contributed by atoms with van der Waals surface area (Å²) in [6.45, 7) is 10.3.